The molecular formula is C20H22N4S. The molecule has 0 amide bonds. The number of fused-ring (bicyclic) bond motifs is 1. The Bertz CT molecular complexity index is 888. The molecule has 1 saturated heterocycles. The largest absolute Gasteiger partial charge is 0.356 e. The summed E-state index contributed by atoms with van der Waals surface area (Å²) >= 11 is 1.76. The van der Waals surface area contributed by atoms with E-state index in [0.717, 1.165) is 42.7 Å². The Balaban J connectivity index is 1.57. The molecule has 3 heterocycles. The van der Waals surface area contributed by atoms with Crippen molar-refractivity contribution in [1.29, 1.82) is 0 Å². The van der Waals surface area contributed by atoms with Crippen LogP contribution in [0.4, 0.5) is 5.82 Å². The Morgan fingerprint density at radius 1 is 1.08 bits per heavy atom. The van der Waals surface area contributed by atoms with Gasteiger partial charge in [0.05, 0.1) is 5.52 Å². The second kappa shape index (κ2) is 7.00. The highest BCUT2D eigenvalue weighted by molar-refractivity contribution is 7.98. The van der Waals surface area contributed by atoms with E-state index in [-0.39, 0.29) is 0 Å². The molecule has 0 radical (unpaired) electrons. The maximum Gasteiger partial charge on any atom is 0.139 e. The molecular weight excluding hydrogens is 328 g/mol. The van der Waals surface area contributed by atoms with Gasteiger partial charge in [0.25, 0.3) is 0 Å². The van der Waals surface area contributed by atoms with E-state index >= 15 is 0 Å². The first kappa shape index (κ1) is 16.3. The van der Waals surface area contributed by atoms with Crippen molar-refractivity contribution >= 4 is 28.5 Å². The molecule has 0 unspecified atom stereocenters. The fourth-order valence-corrected chi connectivity index (χ4v) is 4.07. The minimum Gasteiger partial charge on any atom is -0.356 e. The molecule has 1 fully saturated rings. The molecule has 25 heavy (non-hydrogen) atoms. The average molecular weight is 350 g/mol. The number of piperidine rings is 1. The van der Waals surface area contributed by atoms with Gasteiger partial charge < -0.3 is 4.90 Å². The van der Waals surface area contributed by atoms with Gasteiger partial charge >= 0.3 is 0 Å². The predicted molar refractivity (Wildman–Crippen MR) is 104 cm³/mol. The summed E-state index contributed by atoms with van der Waals surface area (Å²) in [4.78, 5) is 17.1. The van der Waals surface area contributed by atoms with Crippen LogP contribution in [0.5, 0.6) is 0 Å². The summed E-state index contributed by atoms with van der Waals surface area (Å²) in [6, 6.07) is 8.71. The van der Waals surface area contributed by atoms with E-state index in [1.54, 1.807) is 18.1 Å². The number of anilines is 1. The average Bonchev–Trinajstić information content (AvgIpc) is 2.67. The van der Waals surface area contributed by atoms with Crippen LogP contribution >= 0.6 is 11.8 Å². The van der Waals surface area contributed by atoms with E-state index in [1.165, 1.54) is 16.0 Å². The molecule has 5 heteroatoms. The van der Waals surface area contributed by atoms with Crippen LogP contribution in [0.2, 0.25) is 0 Å². The second-order valence-electron chi connectivity index (χ2n) is 6.64. The third-order valence-electron chi connectivity index (χ3n) is 4.98. The molecule has 0 saturated carbocycles. The lowest BCUT2D eigenvalue weighted by Gasteiger charge is -2.33. The van der Waals surface area contributed by atoms with Gasteiger partial charge in [-0.2, -0.15) is 0 Å². The molecule has 0 spiro atoms. The van der Waals surface area contributed by atoms with Gasteiger partial charge in [0.1, 0.15) is 12.1 Å². The molecule has 1 aromatic carbocycles. The van der Waals surface area contributed by atoms with Gasteiger partial charge in [-0.1, -0.05) is 6.07 Å². The first-order valence-corrected chi connectivity index (χ1v) is 9.92. The van der Waals surface area contributed by atoms with Gasteiger partial charge in [0.2, 0.25) is 0 Å². The van der Waals surface area contributed by atoms with Crippen molar-refractivity contribution in [3.8, 4) is 0 Å². The molecule has 0 aliphatic carbocycles. The minimum absolute atomic E-state index is 0.596. The van der Waals surface area contributed by atoms with Crippen molar-refractivity contribution in [1.82, 2.24) is 15.0 Å². The number of nitrogens with zero attached hydrogens (tertiary/aromatic N) is 4. The summed E-state index contributed by atoms with van der Waals surface area (Å²) in [5.74, 6) is 1.67. The highest BCUT2D eigenvalue weighted by Gasteiger charge is 2.23. The van der Waals surface area contributed by atoms with Crippen LogP contribution in [0, 0.1) is 6.92 Å². The monoisotopic (exact) mass is 350 g/mol. The molecule has 4 nitrogen and oxygen atoms in total. The summed E-state index contributed by atoms with van der Waals surface area (Å²) in [7, 11) is 0. The molecule has 0 N–H and O–H groups in total. The standard InChI is InChI=1S/C20H22N4S/c1-14-9-16(12-21-11-14)15-5-7-24(8-6-15)20-18-10-17(25-2)3-4-19(18)22-13-23-20/h3-4,9-13,15H,5-8H2,1-2H3. The van der Waals surface area contributed by atoms with Crippen molar-refractivity contribution < 1.29 is 0 Å². The van der Waals surface area contributed by atoms with Crippen LogP contribution in [0.3, 0.4) is 0 Å². The minimum atomic E-state index is 0.596. The fraction of sp³-hybridized carbons (Fsp3) is 0.350. The Morgan fingerprint density at radius 3 is 2.68 bits per heavy atom. The Kier molecular flexibility index (Phi) is 4.57. The van der Waals surface area contributed by atoms with E-state index in [4.69, 9.17) is 0 Å². The van der Waals surface area contributed by atoms with Gasteiger partial charge in [-0.05, 0) is 61.3 Å². The summed E-state index contributed by atoms with van der Waals surface area (Å²) in [5.41, 5.74) is 3.64. The molecule has 0 atom stereocenters. The zero-order chi connectivity index (χ0) is 17.2. The van der Waals surface area contributed by atoms with Crippen molar-refractivity contribution in [3.63, 3.8) is 0 Å². The molecule has 0 bridgehead atoms. The van der Waals surface area contributed by atoms with E-state index in [9.17, 15) is 0 Å². The van der Waals surface area contributed by atoms with Crippen molar-refractivity contribution in [2.45, 2.75) is 30.6 Å². The first-order chi connectivity index (χ1) is 12.2. The Hall–Kier alpha value is -2.14. The summed E-state index contributed by atoms with van der Waals surface area (Å²) in [6.07, 6.45) is 10.0. The topological polar surface area (TPSA) is 41.9 Å². The number of benzene rings is 1. The van der Waals surface area contributed by atoms with E-state index in [1.807, 2.05) is 12.4 Å². The molecule has 4 rings (SSSR count). The maximum absolute atomic E-state index is 4.61. The van der Waals surface area contributed by atoms with Crippen LogP contribution in [0.15, 0.2) is 47.9 Å². The maximum atomic E-state index is 4.61. The SMILES string of the molecule is CSc1ccc2ncnc(N3CCC(c4cncc(C)c4)CC3)c2c1. The first-order valence-electron chi connectivity index (χ1n) is 8.70. The van der Waals surface area contributed by atoms with Crippen molar-refractivity contribution in [3.05, 3.63) is 54.1 Å². The highest BCUT2D eigenvalue weighted by Crippen LogP contribution is 2.33. The molecule has 1 aliphatic rings. The number of hydrogen-bond donors (Lipinski definition) is 0. The second-order valence-corrected chi connectivity index (χ2v) is 7.52. The molecule has 128 valence electrons. The smallest absolute Gasteiger partial charge is 0.139 e. The molecule has 2 aromatic heterocycles. The van der Waals surface area contributed by atoms with Crippen molar-refractivity contribution in [2.24, 2.45) is 0 Å². The number of aromatic nitrogens is 3. The number of rotatable bonds is 3. The highest BCUT2D eigenvalue weighted by atomic mass is 32.2. The number of aryl methyl sites for hydroxylation is 1. The van der Waals surface area contributed by atoms with Gasteiger partial charge in [-0.15, -0.1) is 11.8 Å². The van der Waals surface area contributed by atoms with E-state index < -0.39 is 0 Å². The van der Waals surface area contributed by atoms with Gasteiger partial charge in [0.15, 0.2) is 0 Å². The summed E-state index contributed by atoms with van der Waals surface area (Å²) in [5, 5.41) is 1.16. The number of thioether (sulfide) groups is 1. The van der Waals surface area contributed by atoms with E-state index in [2.05, 4.69) is 57.3 Å². The van der Waals surface area contributed by atoms with Crippen LogP contribution in [0.25, 0.3) is 10.9 Å². The van der Waals surface area contributed by atoms with Crippen molar-refractivity contribution in [2.75, 3.05) is 24.2 Å². The molecule has 1 aliphatic heterocycles. The quantitative estimate of drug-likeness (QED) is 0.653. The van der Waals surface area contributed by atoms with Gasteiger partial charge in [-0.3, -0.25) is 4.98 Å². The third kappa shape index (κ3) is 3.33. The number of pyridine rings is 1. The summed E-state index contributed by atoms with van der Waals surface area (Å²) in [6.45, 7) is 4.16. The Morgan fingerprint density at radius 2 is 1.92 bits per heavy atom. The van der Waals surface area contributed by atoms with Gasteiger partial charge in [-0.25, -0.2) is 9.97 Å². The zero-order valence-corrected chi connectivity index (χ0v) is 15.5. The van der Waals surface area contributed by atoms with Crippen LogP contribution in [0.1, 0.15) is 29.9 Å². The lowest BCUT2D eigenvalue weighted by molar-refractivity contribution is 0.502. The van der Waals surface area contributed by atoms with Gasteiger partial charge in [0, 0.05) is 35.8 Å². The molecule has 3 aromatic rings. The predicted octanol–water partition coefficient (Wildman–Crippen LogP) is 4.44. The Labute approximate surface area is 152 Å². The van der Waals surface area contributed by atoms with Crippen LogP contribution in [-0.4, -0.2) is 34.3 Å². The van der Waals surface area contributed by atoms with E-state index in [0.29, 0.717) is 5.92 Å². The lowest BCUT2D eigenvalue weighted by atomic mass is 9.90. The normalized spacial score (nSPS) is 15.7. The lowest BCUT2D eigenvalue weighted by Crippen LogP contribution is -2.33. The third-order valence-corrected chi connectivity index (χ3v) is 5.71. The van der Waals surface area contributed by atoms with Crippen LogP contribution in [-0.2, 0) is 0 Å². The van der Waals surface area contributed by atoms with Crippen LogP contribution < -0.4 is 4.90 Å². The summed E-state index contributed by atoms with van der Waals surface area (Å²) < 4.78 is 0. The number of hydrogen-bond acceptors (Lipinski definition) is 5. The zero-order valence-electron chi connectivity index (χ0n) is 14.6. The fourth-order valence-electron chi connectivity index (χ4n) is 3.63.